The molecule has 5 rings (SSSR count). The van der Waals surface area contributed by atoms with Gasteiger partial charge in [-0.2, -0.15) is 0 Å². The lowest BCUT2D eigenvalue weighted by Crippen LogP contribution is -2.20. The Labute approximate surface area is 266 Å². The van der Waals surface area contributed by atoms with Crippen LogP contribution in [0.2, 0.25) is 5.02 Å². The smallest absolute Gasteiger partial charge is 0.275 e. The molecule has 0 saturated carbocycles. The first-order valence-corrected chi connectivity index (χ1v) is 14.7. The molecular weight excluding hydrogens is 594 g/mol. The van der Waals surface area contributed by atoms with Crippen molar-refractivity contribution in [2.24, 2.45) is 0 Å². The number of carbonyl (C=O) groups excluding carboxylic acids is 2. The van der Waals surface area contributed by atoms with Gasteiger partial charge in [0.1, 0.15) is 47.7 Å². The molecule has 0 saturated heterocycles. The number of hydrogen-bond donors (Lipinski definition) is 2. The topological polar surface area (TPSA) is 122 Å². The third-order valence-electron chi connectivity index (χ3n) is 6.69. The molecule has 3 heterocycles. The van der Waals surface area contributed by atoms with Crippen molar-refractivity contribution in [3.05, 3.63) is 89.2 Å². The second kappa shape index (κ2) is 14.3. The van der Waals surface area contributed by atoms with E-state index in [4.69, 9.17) is 21.1 Å². The van der Waals surface area contributed by atoms with E-state index < -0.39 is 11.8 Å². The lowest BCUT2D eigenvalue weighted by Gasteiger charge is -2.14. The van der Waals surface area contributed by atoms with Gasteiger partial charge >= 0.3 is 0 Å². The lowest BCUT2D eigenvalue weighted by atomic mass is 10.2. The number of halogens is 1. The summed E-state index contributed by atoms with van der Waals surface area (Å²) < 4.78 is 12.0. The minimum atomic E-state index is -0.589. The number of benzene rings is 2. The summed E-state index contributed by atoms with van der Waals surface area (Å²) in [6.07, 6.45) is 0. The average Bonchev–Trinajstić information content (AvgIpc) is 3.00. The number of fused-ring (bicyclic) bond motifs is 2. The number of pyridine rings is 3. The number of ether oxygens (including phenoxy) is 2. The Morgan fingerprint density at radius 1 is 0.667 bits per heavy atom. The molecule has 0 atom stereocenters. The number of rotatable bonds is 12. The maximum Gasteiger partial charge on any atom is 0.275 e. The SMILES string of the molecule is CN(C)CCOc1cc(NC(=O)c2cc(Cl)cc(C(=O)Nc3cc(OCCN(C)C)c4ccccc4n3)n2)nc2ccccc12. The number of nitrogens with zero attached hydrogens (tertiary/aromatic N) is 5. The number of carbonyl (C=O) groups is 2. The molecule has 2 N–H and O–H groups in total. The van der Waals surface area contributed by atoms with Gasteiger partial charge in [-0.05, 0) is 64.6 Å². The number of para-hydroxylation sites is 2. The molecule has 0 spiro atoms. The highest BCUT2D eigenvalue weighted by molar-refractivity contribution is 6.31. The van der Waals surface area contributed by atoms with Crippen molar-refractivity contribution in [1.29, 1.82) is 0 Å². The molecule has 3 aromatic heterocycles. The van der Waals surface area contributed by atoms with Gasteiger partial charge in [-0.3, -0.25) is 9.59 Å². The third kappa shape index (κ3) is 8.21. The number of nitrogens with one attached hydrogen (secondary N) is 2. The Balaban J connectivity index is 1.36. The third-order valence-corrected chi connectivity index (χ3v) is 6.91. The molecule has 2 aromatic carbocycles. The summed E-state index contributed by atoms with van der Waals surface area (Å²) in [6.45, 7) is 2.35. The normalized spacial score (nSPS) is 11.3. The molecule has 12 heteroatoms. The zero-order valence-corrected chi connectivity index (χ0v) is 26.3. The van der Waals surface area contributed by atoms with E-state index in [-0.39, 0.29) is 28.0 Å². The first kappa shape index (κ1) is 31.6. The highest BCUT2D eigenvalue weighted by Gasteiger charge is 2.18. The lowest BCUT2D eigenvalue weighted by molar-refractivity contribution is 0.101. The standard InChI is InChI=1S/C33H34ClN7O4/c1-40(2)13-15-44-28-19-30(36-24-11-7-5-9-22(24)28)38-32(42)26-17-21(34)18-27(35-26)33(43)39-31-20-29(45-16-14-41(3)4)23-10-6-8-12-25(23)37-31/h5-12,17-20H,13-16H2,1-4H3,(H,36,38,42)(H,37,39,43). The van der Waals surface area contributed by atoms with E-state index in [1.807, 2.05) is 86.5 Å². The van der Waals surface area contributed by atoms with Crippen LogP contribution in [-0.2, 0) is 0 Å². The predicted octanol–water partition coefficient (Wildman–Crippen LogP) is 5.22. The van der Waals surface area contributed by atoms with Crippen molar-refractivity contribution in [1.82, 2.24) is 24.8 Å². The van der Waals surface area contributed by atoms with Gasteiger partial charge in [0.05, 0.1) is 11.0 Å². The maximum atomic E-state index is 13.3. The molecule has 0 fully saturated rings. The van der Waals surface area contributed by atoms with Crippen molar-refractivity contribution in [2.75, 3.05) is 65.1 Å². The summed E-state index contributed by atoms with van der Waals surface area (Å²) >= 11 is 6.34. The highest BCUT2D eigenvalue weighted by Crippen LogP contribution is 2.29. The molecule has 0 aliphatic rings. The molecule has 0 radical (unpaired) electrons. The quantitative estimate of drug-likeness (QED) is 0.192. The summed E-state index contributed by atoms with van der Waals surface area (Å²) in [4.78, 5) is 44.1. The van der Waals surface area contributed by atoms with E-state index in [1.165, 1.54) is 12.1 Å². The van der Waals surface area contributed by atoms with Gasteiger partial charge in [-0.15, -0.1) is 0 Å². The van der Waals surface area contributed by atoms with E-state index >= 15 is 0 Å². The van der Waals surface area contributed by atoms with Gasteiger partial charge in [0.25, 0.3) is 11.8 Å². The summed E-state index contributed by atoms with van der Waals surface area (Å²) in [5.74, 6) is 0.541. The predicted molar refractivity (Wildman–Crippen MR) is 177 cm³/mol. The first-order valence-electron chi connectivity index (χ1n) is 14.3. The van der Waals surface area contributed by atoms with Gasteiger partial charge in [0.15, 0.2) is 0 Å². The summed E-state index contributed by atoms with van der Waals surface area (Å²) in [6, 6.07) is 21.1. The van der Waals surface area contributed by atoms with Crippen molar-refractivity contribution < 1.29 is 19.1 Å². The van der Waals surface area contributed by atoms with E-state index in [1.54, 1.807) is 12.1 Å². The van der Waals surface area contributed by atoms with Crippen LogP contribution in [0.4, 0.5) is 11.6 Å². The summed E-state index contributed by atoms with van der Waals surface area (Å²) in [7, 11) is 7.85. The number of aromatic nitrogens is 3. The number of anilines is 2. The number of hydrogen-bond acceptors (Lipinski definition) is 9. The Bertz CT molecular complexity index is 1720. The molecule has 232 valence electrons. The molecule has 0 unspecified atom stereocenters. The minimum absolute atomic E-state index is 0.0585. The fourth-order valence-corrected chi connectivity index (χ4v) is 4.63. The van der Waals surface area contributed by atoms with E-state index in [2.05, 4.69) is 25.6 Å². The van der Waals surface area contributed by atoms with Crippen molar-refractivity contribution in [3.63, 3.8) is 0 Å². The molecule has 45 heavy (non-hydrogen) atoms. The molecule has 5 aromatic rings. The van der Waals surface area contributed by atoms with E-state index in [9.17, 15) is 9.59 Å². The Morgan fingerprint density at radius 3 is 1.51 bits per heavy atom. The van der Waals surface area contributed by atoms with E-state index in [0.717, 1.165) is 23.9 Å². The van der Waals surface area contributed by atoms with Crippen LogP contribution in [0.15, 0.2) is 72.8 Å². The largest absolute Gasteiger partial charge is 0.491 e. The highest BCUT2D eigenvalue weighted by atomic mass is 35.5. The molecular formula is C33H34ClN7O4. The van der Waals surface area contributed by atoms with Crippen LogP contribution in [0.5, 0.6) is 11.5 Å². The van der Waals surface area contributed by atoms with Gasteiger partial charge in [0, 0.05) is 41.0 Å². The van der Waals surface area contributed by atoms with Crippen molar-refractivity contribution in [3.8, 4) is 11.5 Å². The Hall–Kier alpha value is -4.84. The summed E-state index contributed by atoms with van der Waals surface area (Å²) in [5, 5.41) is 7.33. The van der Waals surface area contributed by atoms with Gasteiger partial charge in [-0.25, -0.2) is 15.0 Å². The Kier molecular flexibility index (Phi) is 10.0. The molecule has 0 aliphatic carbocycles. The molecule has 2 amide bonds. The Morgan fingerprint density at radius 2 is 1.09 bits per heavy atom. The number of likely N-dealkylation sites (N-methyl/N-ethyl adjacent to an activating group) is 2. The van der Waals surface area contributed by atoms with Crippen LogP contribution in [-0.4, -0.2) is 91.1 Å². The van der Waals surface area contributed by atoms with Gasteiger partial charge in [0.2, 0.25) is 0 Å². The zero-order chi connectivity index (χ0) is 31.9. The maximum absolute atomic E-state index is 13.3. The average molecular weight is 628 g/mol. The van der Waals surface area contributed by atoms with Crippen LogP contribution in [0.3, 0.4) is 0 Å². The second-order valence-corrected chi connectivity index (χ2v) is 11.2. The second-order valence-electron chi connectivity index (χ2n) is 10.8. The zero-order valence-electron chi connectivity index (χ0n) is 25.5. The van der Waals surface area contributed by atoms with Crippen molar-refractivity contribution in [2.45, 2.75) is 0 Å². The van der Waals surface area contributed by atoms with E-state index in [0.29, 0.717) is 35.7 Å². The molecule has 0 bridgehead atoms. The fourth-order valence-electron chi connectivity index (χ4n) is 4.42. The monoisotopic (exact) mass is 627 g/mol. The fraction of sp³-hybridized carbons (Fsp3) is 0.242. The summed E-state index contributed by atoms with van der Waals surface area (Å²) in [5.41, 5.74) is 1.19. The van der Waals surface area contributed by atoms with Crippen LogP contribution < -0.4 is 20.1 Å². The van der Waals surface area contributed by atoms with Crippen molar-refractivity contribution >= 4 is 56.9 Å². The van der Waals surface area contributed by atoms with Crippen LogP contribution in [0, 0.1) is 0 Å². The first-order chi connectivity index (χ1) is 21.7. The molecule has 11 nitrogen and oxygen atoms in total. The van der Waals surface area contributed by atoms with Crippen LogP contribution >= 0.6 is 11.6 Å². The molecule has 0 aliphatic heterocycles. The number of amides is 2. The minimum Gasteiger partial charge on any atom is -0.491 e. The van der Waals surface area contributed by atoms with Crippen LogP contribution in [0.25, 0.3) is 21.8 Å². The van der Waals surface area contributed by atoms with Crippen LogP contribution in [0.1, 0.15) is 21.0 Å². The van der Waals surface area contributed by atoms with Gasteiger partial charge < -0.3 is 29.9 Å². The van der Waals surface area contributed by atoms with Gasteiger partial charge in [-0.1, -0.05) is 35.9 Å².